The number of nitrogens with one attached hydrogen (secondary N) is 1. The van der Waals surface area contributed by atoms with E-state index in [0.717, 1.165) is 4.57 Å². The third-order valence-electron chi connectivity index (χ3n) is 5.35. The van der Waals surface area contributed by atoms with Crippen molar-refractivity contribution in [3.05, 3.63) is 63.8 Å². The van der Waals surface area contributed by atoms with Gasteiger partial charge in [-0.2, -0.15) is 0 Å². The number of fused-ring (bicyclic) bond motifs is 1. The molecule has 1 N–H and O–H groups in total. The lowest BCUT2D eigenvalue weighted by Crippen LogP contribution is -2.29. The van der Waals surface area contributed by atoms with Crippen molar-refractivity contribution in [1.82, 2.24) is 4.57 Å². The fourth-order valence-corrected chi connectivity index (χ4v) is 4.37. The number of ketones is 1. The number of hydrogen-bond donors (Lipinski definition) is 1. The van der Waals surface area contributed by atoms with E-state index in [1.165, 1.54) is 12.1 Å². The molecule has 0 unspecified atom stereocenters. The third kappa shape index (κ3) is 7.74. The van der Waals surface area contributed by atoms with Crippen molar-refractivity contribution in [3.63, 3.8) is 0 Å². The Hall–Kier alpha value is -3.56. The molecule has 39 heavy (non-hydrogen) atoms. The Bertz CT molecular complexity index is 1380. The second-order valence-electron chi connectivity index (χ2n) is 9.51. The summed E-state index contributed by atoms with van der Waals surface area (Å²) in [6, 6.07) is 11.8. The molecule has 0 saturated heterocycles. The Morgan fingerprint density at radius 3 is 2.33 bits per heavy atom. The Morgan fingerprint density at radius 1 is 1.00 bits per heavy atom. The zero-order valence-corrected chi connectivity index (χ0v) is 23.6. The average molecular weight is 577 g/mol. The Kier molecular flexibility index (Phi) is 9.99. The molecule has 3 rings (SSSR count). The van der Waals surface area contributed by atoms with E-state index in [4.69, 9.17) is 37.4 Å². The molecule has 0 aliphatic heterocycles. The van der Waals surface area contributed by atoms with E-state index in [0.29, 0.717) is 12.0 Å². The van der Waals surface area contributed by atoms with Crippen LogP contribution >= 0.6 is 23.2 Å². The minimum atomic E-state index is -0.874. The summed E-state index contributed by atoms with van der Waals surface area (Å²) >= 11 is 12.7. The highest BCUT2D eigenvalue weighted by atomic mass is 35.5. The standard InChI is InChI=1S/C28H30Cl2N2O7/c1-5-37-26(35)25-24(31-16-22(34)38-13-9-12-21(33)17-10-7-6-8-11-17)23-19(30)14-18(29)15-20(23)32(25)27(36)39-28(2,3)4/h6-8,10-11,14-15,31H,5,9,12-13,16H2,1-4H3. The molecule has 1 aromatic heterocycles. The molecule has 0 atom stereocenters. The van der Waals surface area contributed by atoms with Crippen molar-refractivity contribution >= 4 is 63.6 Å². The molecule has 0 amide bonds. The number of halogens is 2. The minimum Gasteiger partial charge on any atom is -0.464 e. The van der Waals surface area contributed by atoms with Crippen molar-refractivity contribution in [2.75, 3.05) is 25.1 Å². The van der Waals surface area contributed by atoms with Crippen LogP contribution in [0.1, 0.15) is 61.4 Å². The van der Waals surface area contributed by atoms with E-state index in [1.54, 1.807) is 52.0 Å². The van der Waals surface area contributed by atoms with Gasteiger partial charge in [-0.15, -0.1) is 0 Å². The second-order valence-corrected chi connectivity index (χ2v) is 10.4. The Morgan fingerprint density at radius 2 is 1.69 bits per heavy atom. The topological polar surface area (TPSA) is 113 Å². The number of esters is 2. The van der Waals surface area contributed by atoms with E-state index in [-0.39, 0.29) is 64.3 Å². The van der Waals surface area contributed by atoms with Gasteiger partial charge in [0.1, 0.15) is 12.1 Å². The van der Waals surface area contributed by atoms with Gasteiger partial charge in [-0.3, -0.25) is 9.59 Å². The van der Waals surface area contributed by atoms with Crippen LogP contribution in [0.15, 0.2) is 42.5 Å². The molecule has 11 heteroatoms. The average Bonchev–Trinajstić information content (AvgIpc) is 3.19. The molecule has 0 aliphatic rings. The second kappa shape index (κ2) is 13.0. The van der Waals surface area contributed by atoms with Gasteiger partial charge in [-0.25, -0.2) is 14.2 Å². The molecule has 0 aliphatic carbocycles. The van der Waals surface area contributed by atoms with Crippen LogP contribution in [0, 0.1) is 0 Å². The summed E-state index contributed by atoms with van der Waals surface area (Å²) in [7, 11) is 0. The molecule has 208 valence electrons. The monoisotopic (exact) mass is 576 g/mol. The summed E-state index contributed by atoms with van der Waals surface area (Å²) in [6.45, 7) is 6.38. The summed E-state index contributed by atoms with van der Waals surface area (Å²) < 4.78 is 17.0. The van der Waals surface area contributed by atoms with Crippen LogP contribution in [0.3, 0.4) is 0 Å². The number of carbonyl (C=O) groups is 4. The first-order chi connectivity index (χ1) is 18.4. The van der Waals surface area contributed by atoms with Gasteiger partial charge in [0, 0.05) is 22.4 Å². The third-order valence-corrected chi connectivity index (χ3v) is 5.86. The fraction of sp³-hybridized carbons (Fsp3) is 0.357. The predicted molar refractivity (Wildman–Crippen MR) is 149 cm³/mol. The number of benzene rings is 2. The van der Waals surface area contributed by atoms with Crippen molar-refractivity contribution in [2.45, 2.75) is 46.1 Å². The van der Waals surface area contributed by atoms with Gasteiger partial charge in [-0.1, -0.05) is 53.5 Å². The van der Waals surface area contributed by atoms with Crippen LogP contribution in [0.2, 0.25) is 10.0 Å². The summed E-state index contributed by atoms with van der Waals surface area (Å²) in [6.07, 6.45) is -0.291. The number of aromatic nitrogens is 1. The van der Waals surface area contributed by atoms with Crippen LogP contribution in [0.5, 0.6) is 0 Å². The van der Waals surface area contributed by atoms with Crippen LogP contribution in [-0.2, 0) is 19.0 Å². The molecular weight excluding hydrogens is 547 g/mol. The Balaban J connectivity index is 1.83. The van der Waals surface area contributed by atoms with Crippen molar-refractivity contribution in [1.29, 1.82) is 0 Å². The lowest BCUT2D eigenvalue weighted by molar-refractivity contribution is -0.141. The SMILES string of the molecule is CCOC(=O)c1c(NCC(=O)OCCCC(=O)c2ccccc2)c2c(Cl)cc(Cl)cc2n1C(=O)OC(C)(C)C. The number of nitrogens with zero attached hydrogens (tertiary/aromatic N) is 1. The van der Waals surface area contributed by atoms with Gasteiger partial charge in [0.15, 0.2) is 11.5 Å². The van der Waals surface area contributed by atoms with E-state index < -0.39 is 23.6 Å². The first kappa shape index (κ1) is 30.0. The number of rotatable bonds is 10. The van der Waals surface area contributed by atoms with Gasteiger partial charge >= 0.3 is 18.0 Å². The van der Waals surface area contributed by atoms with Crippen LogP contribution < -0.4 is 5.32 Å². The lowest BCUT2D eigenvalue weighted by Gasteiger charge is -2.20. The molecule has 1 heterocycles. The summed E-state index contributed by atoms with van der Waals surface area (Å²) in [5.41, 5.74) is -0.199. The van der Waals surface area contributed by atoms with Crippen molar-refractivity contribution in [2.24, 2.45) is 0 Å². The van der Waals surface area contributed by atoms with E-state index >= 15 is 0 Å². The first-order valence-electron chi connectivity index (χ1n) is 12.3. The summed E-state index contributed by atoms with van der Waals surface area (Å²) in [5.74, 6) is -1.52. The smallest absolute Gasteiger partial charge is 0.419 e. The normalized spacial score (nSPS) is 11.2. The van der Waals surface area contributed by atoms with Crippen LogP contribution in [-0.4, -0.2) is 53.7 Å². The molecule has 0 fully saturated rings. The predicted octanol–water partition coefficient (Wildman–Crippen LogP) is 6.53. The zero-order chi connectivity index (χ0) is 28.7. The largest absolute Gasteiger partial charge is 0.464 e. The van der Waals surface area contributed by atoms with E-state index in [2.05, 4.69) is 5.32 Å². The molecular formula is C28H30Cl2N2O7. The number of hydrogen-bond acceptors (Lipinski definition) is 8. The highest BCUT2D eigenvalue weighted by molar-refractivity contribution is 6.40. The van der Waals surface area contributed by atoms with Gasteiger partial charge < -0.3 is 19.5 Å². The minimum absolute atomic E-state index is 0.0276. The molecule has 0 saturated carbocycles. The maximum absolute atomic E-state index is 13.2. The molecule has 0 radical (unpaired) electrons. The highest BCUT2D eigenvalue weighted by Gasteiger charge is 2.32. The maximum atomic E-state index is 13.2. The summed E-state index contributed by atoms with van der Waals surface area (Å²) in [5, 5.41) is 3.51. The molecule has 0 spiro atoms. The number of anilines is 1. The molecule has 3 aromatic rings. The molecule has 9 nitrogen and oxygen atoms in total. The highest BCUT2D eigenvalue weighted by Crippen LogP contribution is 2.39. The van der Waals surface area contributed by atoms with Gasteiger partial charge in [-0.05, 0) is 46.2 Å². The first-order valence-corrected chi connectivity index (χ1v) is 13.1. The van der Waals surface area contributed by atoms with Crippen molar-refractivity contribution in [3.8, 4) is 0 Å². The molecule has 2 aromatic carbocycles. The number of carbonyl (C=O) groups excluding carboxylic acids is 4. The summed E-state index contributed by atoms with van der Waals surface area (Å²) in [4.78, 5) is 51.0. The van der Waals surface area contributed by atoms with Crippen LogP contribution in [0.4, 0.5) is 10.5 Å². The zero-order valence-electron chi connectivity index (χ0n) is 22.1. The maximum Gasteiger partial charge on any atom is 0.419 e. The van der Waals surface area contributed by atoms with Gasteiger partial charge in [0.05, 0.1) is 29.4 Å². The van der Waals surface area contributed by atoms with E-state index in [9.17, 15) is 19.2 Å². The Labute approximate surface area is 236 Å². The van der Waals surface area contributed by atoms with Crippen molar-refractivity contribution < 1.29 is 33.4 Å². The lowest BCUT2D eigenvalue weighted by atomic mass is 10.1. The molecule has 0 bridgehead atoms. The quantitative estimate of drug-likeness (QED) is 0.125. The fourth-order valence-electron chi connectivity index (χ4n) is 3.80. The number of Topliss-reactive ketones (excluding diaryl/α,β-unsaturated/α-hetero) is 1. The van der Waals surface area contributed by atoms with Gasteiger partial charge in [0.25, 0.3) is 0 Å². The number of ether oxygens (including phenoxy) is 3. The van der Waals surface area contributed by atoms with Crippen LogP contribution in [0.25, 0.3) is 10.9 Å². The van der Waals surface area contributed by atoms with E-state index in [1.807, 2.05) is 6.07 Å². The van der Waals surface area contributed by atoms with Gasteiger partial charge in [0.2, 0.25) is 0 Å².